The van der Waals surface area contributed by atoms with E-state index in [2.05, 4.69) is 15.1 Å². The van der Waals surface area contributed by atoms with Gasteiger partial charge in [-0.05, 0) is 13.0 Å². The molecule has 0 aliphatic rings. The van der Waals surface area contributed by atoms with Crippen molar-refractivity contribution in [3.05, 3.63) is 30.2 Å². The van der Waals surface area contributed by atoms with Crippen LogP contribution in [0.15, 0.2) is 24.5 Å². The number of aromatic nitrogens is 4. The van der Waals surface area contributed by atoms with Gasteiger partial charge in [0.15, 0.2) is 0 Å². The van der Waals surface area contributed by atoms with E-state index in [-0.39, 0.29) is 0 Å². The van der Waals surface area contributed by atoms with Crippen molar-refractivity contribution in [3.63, 3.8) is 0 Å². The van der Waals surface area contributed by atoms with Gasteiger partial charge in [-0.1, -0.05) is 0 Å². The summed E-state index contributed by atoms with van der Waals surface area (Å²) in [5.41, 5.74) is 6.55. The molecule has 0 aliphatic carbocycles. The van der Waals surface area contributed by atoms with Crippen LogP contribution in [0.3, 0.4) is 0 Å². The van der Waals surface area contributed by atoms with Crippen LogP contribution >= 0.6 is 0 Å². The number of nitrogens with zero attached hydrogens (tertiary/aromatic N) is 4. The molecule has 0 radical (unpaired) electrons. The van der Waals surface area contributed by atoms with Crippen molar-refractivity contribution in [3.8, 4) is 5.95 Å². The molecule has 0 spiro atoms. The summed E-state index contributed by atoms with van der Waals surface area (Å²) in [6, 6.07) is 3.52. The van der Waals surface area contributed by atoms with Crippen LogP contribution in [0, 0.1) is 6.92 Å². The fourth-order valence-corrected chi connectivity index (χ4v) is 1.08. The van der Waals surface area contributed by atoms with Gasteiger partial charge in [-0.3, -0.25) is 0 Å². The number of hydrogen-bond acceptors (Lipinski definition) is 4. The summed E-state index contributed by atoms with van der Waals surface area (Å²) in [5.74, 6) is 1.04. The van der Waals surface area contributed by atoms with Gasteiger partial charge >= 0.3 is 0 Å². The Morgan fingerprint density at radius 1 is 1.31 bits per heavy atom. The van der Waals surface area contributed by atoms with E-state index < -0.39 is 0 Å². The highest BCUT2D eigenvalue weighted by Crippen LogP contribution is 2.08. The van der Waals surface area contributed by atoms with Gasteiger partial charge in [0.05, 0.1) is 5.69 Å². The van der Waals surface area contributed by atoms with Crippen molar-refractivity contribution >= 4 is 5.82 Å². The Hall–Kier alpha value is -1.91. The van der Waals surface area contributed by atoms with Gasteiger partial charge < -0.3 is 5.73 Å². The molecular formula is C8H9N5. The monoisotopic (exact) mass is 175 g/mol. The molecule has 2 N–H and O–H groups in total. The third-order valence-corrected chi connectivity index (χ3v) is 1.60. The maximum atomic E-state index is 5.69. The van der Waals surface area contributed by atoms with Gasteiger partial charge in [0, 0.05) is 18.5 Å². The van der Waals surface area contributed by atoms with E-state index in [4.69, 9.17) is 5.73 Å². The lowest BCUT2D eigenvalue weighted by atomic mass is 10.5. The Morgan fingerprint density at radius 3 is 2.54 bits per heavy atom. The minimum Gasteiger partial charge on any atom is -0.383 e. The number of nitrogen functional groups attached to an aromatic ring is 1. The quantitative estimate of drug-likeness (QED) is 0.687. The van der Waals surface area contributed by atoms with Crippen LogP contribution in [-0.4, -0.2) is 19.7 Å². The van der Waals surface area contributed by atoms with Gasteiger partial charge in [0.25, 0.3) is 5.95 Å². The van der Waals surface area contributed by atoms with Gasteiger partial charge in [0.2, 0.25) is 0 Å². The van der Waals surface area contributed by atoms with E-state index in [1.54, 1.807) is 24.5 Å². The van der Waals surface area contributed by atoms with E-state index in [1.807, 2.05) is 6.92 Å². The van der Waals surface area contributed by atoms with Crippen LogP contribution in [0.5, 0.6) is 0 Å². The molecule has 2 heterocycles. The Balaban J connectivity index is 2.53. The van der Waals surface area contributed by atoms with Crippen LogP contribution in [-0.2, 0) is 0 Å². The van der Waals surface area contributed by atoms with Gasteiger partial charge in [0.1, 0.15) is 5.82 Å². The second-order valence-corrected chi connectivity index (χ2v) is 2.67. The highest BCUT2D eigenvalue weighted by molar-refractivity contribution is 5.35. The predicted molar refractivity (Wildman–Crippen MR) is 48.3 cm³/mol. The van der Waals surface area contributed by atoms with Crippen molar-refractivity contribution in [2.75, 3.05) is 5.73 Å². The first-order valence-corrected chi connectivity index (χ1v) is 3.87. The van der Waals surface area contributed by atoms with Crippen molar-refractivity contribution < 1.29 is 0 Å². The molecule has 66 valence electrons. The summed E-state index contributed by atoms with van der Waals surface area (Å²) in [5, 5.41) is 4.15. The summed E-state index contributed by atoms with van der Waals surface area (Å²) in [4.78, 5) is 8.06. The zero-order valence-corrected chi connectivity index (χ0v) is 7.18. The number of rotatable bonds is 1. The van der Waals surface area contributed by atoms with E-state index in [9.17, 15) is 0 Å². The van der Waals surface area contributed by atoms with Crippen LogP contribution in [0.25, 0.3) is 5.95 Å². The van der Waals surface area contributed by atoms with Crippen LogP contribution in [0.2, 0.25) is 0 Å². The van der Waals surface area contributed by atoms with Gasteiger partial charge in [-0.25, -0.2) is 9.97 Å². The smallest absolute Gasteiger partial charge is 0.252 e. The molecule has 2 rings (SSSR count). The fourth-order valence-electron chi connectivity index (χ4n) is 1.08. The summed E-state index contributed by atoms with van der Waals surface area (Å²) >= 11 is 0. The summed E-state index contributed by atoms with van der Waals surface area (Å²) in [7, 11) is 0. The zero-order chi connectivity index (χ0) is 9.26. The minimum atomic E-state index is 0.494. The average molecular weight is 175 g/mol. The molecule has 0 unspecified atom stereocenters. The van der Waals surface area contributed by atoms with Crippen molar-refractivity contribution in [1.29, 1.82) is 0 Å². The van der Waals surface area contributed by atoms with Crippen LogP contribution in [0.1, 0.15) is 5.69 Å². The Bertz CT molecular complexity index is 406. The molecule has 2 aromatic rings. The largest absolute Gasteiger partial charge is 0.383 e. The number of anilines is 1. The van der Waals surface area contributed by atoms with Crippen LogP contribution in [0.4, 0.5) is 5.82 Å². The van der Waals surface area contributed by atoms with E-state index in [1.165, 1.54) is 4.68 Å². The third-order valence-electron chi connectivity index (χ3n) is 1.60. The van der Waals surface area contributed by atoms with E-state index >= 15 is 0 Å². The summed E-state index contributed by atoms with van der Waals surface area (Å²) < 4.78 is 1.51. The minimum absolute atomic E-state index is 0.494. The molecule has 0 bridgehead atoms. The van der Waals surface area contributed by atoms with E-state index in [0.29, 0.717) is 11.8 Å². The Morgan fingerprint density at radius 2 is 2.00 bits per heavy atom. The molecule has 5 nitrogen and oxygen atoms in total. The van der Waals surface area contributed by atoms with Crippen molar-refractivity contribution in [1.82, 2.24) is 19.7 Å². The number of aryl methyl sites for hydroxylation is 1. The van der Waals surface area contributed by atoms with Crippen molar-refractivity contribution in [2.24, 2.45) is 0 Å². The SMILES string of the molecule is Cc1cc(N)n(-c2ncccn2)n1. The average Bonchev–Trinajstić information content (AvgIpc) is 2.47. The lowest BCUT2D eigenvalue weighted by molar-refractivity contribution is 0.805. The molecular weight excluding hydrogens is 166 g/mol. The maximum Gasteiger partial charge on any atom is 0.252 e. The van der Waals surface area contributed by atoms with Gasteiger partial charge in [-0.15, -0.1) is 0 Å². The van der Waals surface area contributed by atoms with Gasteiger partial charge in [-0.2, -0.15) is 9.78 Å². The second kappa shape index (κ2) is 2.85. The predicted octanol–water partition coefficient (Wildman–Crippen LogP) is 0.553. The molecule has 0 atom stereocenters. The molecule has 0 aliphatic heterocycles. The maximum absolute atomic E-state index is 5.69. The van der Waals surface area contributed by atoms with Crippen LogP contribution < -0.4 is 5.73 Å². The Kier molecular flexibility index (Phi) is 1.70. The molecule has 0 amide bonds. The first-order valence-electron chi connectivity index (χ1n) is 3.87. The number of hydrogen-bond donors (Lipinski definition) is 1. The molecule has 2 aromatic heterocycles. The normalized spacial score (nSPS) is 10.2. The molecule has 0 saturated carbocycles. The fraction of sp³-hybridized carbons (Fsp3) is 0.125. The lowest BCUT2D eigenvalue weighted by Crippen LogP contribution is -2.05. The number of nitrogens with two attached hydrogens (primary N) is 1. The topological polar surface area (TPSA) is 69.6 Å². The first-order chi connectivity index (χ1) is 6.27. The zero-order valence-electron chi connectivity index (χ0n) is 7.18. The second-order valence-electron chi connectivity index (χ2n) is 2.67. The summed E-state index contributed by atoms with van der Waals surface area (Å²) in [6.07, 6.45) is 3.30. The molecule has 0 fully saturated rings. The standard InChI is InChI=1S/C8H9N5/c1-6-5-7(9)13(12-6)8-10-3-2-4-11-8/h2-5H,9H2,1H3. The van der Waals surface area contributed by atoms with Crippen molar-refractivity contribution in [2.45, 2.75) is 6.92 Å². The highest BCUT2D eigenvalue weighted by Gasteiger charge is 2.04. The first kappa shape index (κ1) is 7.72. The summed E-state index contributed by atoms with van der Waals surface area (Å²) in [6.45, 7) is 1.87. The molecule has 0 aromatic carbocycles. The lowest BCUT2D eigenvalue weighted by Gasteiger charge is -1.99. The molecule has 13 heavy (non-hydrogen) atoms. The highest BCUT2D eigenvalue weighted by atomic mass is 15.4. The molecule has 0 saturated heterocycles. The molecule has 5 heteroatoms. The Labute approximate surface area is 75.2 Å². The van der Waals surface area contributed by atoms with E-state index in [0.717, 1.165) is 5.69 Å². The third kappa shape index (κ3) is 1.35.